The van der Waals surface area contributed by atoms with Gasteiger partial charge in [0, 0.05) is 32.9 Å². The summed E-state index contributed by atoms with van der Waals surface area (Å²) >= 11 is 7.15. The Morgan fingerprint density at radius 3 is 0.699 bits per heavy atom. The summed E-state index contributed by atoms with van der Waals surface area (Å²) in [6.07, 6.45) is 0. The van der Waals surface area contributed by atoms with Crippen molar-refractivity contribution in [1.29, 1.82) is 0 Å². The second-order valence-corrected chi connectivity index (χ2v) is 30.1. The highest BCUT2D eigenvalue weighted by Gasteiger charge is 2.50. The highest BCUT2D eigenvalue weighted by molar-refractivity contribution is 8.26. The van der Waals surface area contributed by atoms with Crippen LogP contribution >= 0.6 is 13.2 Å². The van der Waals surface area contributed by atoms with E-state index in [9.17, 15) is 0 Å². The molecule has 5 nitrogen and oxygen atoms in total. The largest absolute Gasteiger partial charge is 0.455 e. The molecule has 4 heterocycles. The fraction of sp³-hybridized carbons (Fsp3) is 0.0118. The zero-order valence-corrected chi connectivity index (χ0v) is 52.1. The van der Waals surface area contributed by atoms with Gasteiger partial charge in [-0.3, -0.25) is 0 Å². The van der Waals surface area contributed by atoms with Gasteiger partial charge in [0.25, 0.3) is 0 Å². The smallest absolute Gasteiger partial charge is 0.185 e. The van der Waals surface area contributed by atoms with E-state index in [-0.39, 0.29) is 7.43 Å². The SMILES string of the molecule is C.O=P12c3cc(-c4ccccc4)ccc3Oc3c(-c4ccccc4)cc(-c4ccccc4)c(c31)Oc1ccc(-c3ccccc3)cc12.S=P12c3cc(-c4ccccc4)ccc3Oc3c(-c4ccccc4)cc(-c4ccccc4)c(c31)Oc1ccc(-c3ccccc3)cc12. The summed E-state index contributed by atoms with van der Waals surface area (Å²) in [5.41, 5.74) is 16.5. The number of hydrogen-bond donors (Lipinski definition) is 0. The van der Waals surface area contributed by atoms with Gasteiger partial charge in [-0.2, -0.15) is 0 Å². The third-order valence-corrected chi connectivity index (χ3v) is 25.8. The Balaban J connectivity index is 0.000000146. The molecule has 18 rings (SSSR count). The zero-order chi connectivity index (χ0) is 61.3. The van der Waals surface area contributed by atoms with Crippen molar-refractivity contribution in [2.45, 2.75) is 7.43 Å². The summed E-state index contributed by atoms with van der Waals surface area (Å²) in [6, 6.07) is 109. The van der Waals surface area contributed by atoms with Gasteiger partial charge in [-0.15, -0.1) is 0 Å². The zero-order valence-electron chi connectivity index (χ0n) is 49.5. The van der Waals surface area contributed by atoms with Crippen LogP contribution in [-0.2, 0) is 16.4 Å². The van der Waals surface area contributed by atoms with Gasteiger partial charge in [0.15, 0.2) is 7.14 Å². The molecule has 0 N–H and O–H groups in total. The minimum Gasteiger partial charge on any atom is -0.455 e. The van der Waals surface area contributed by atoms with Gasteiger partial charge in [-0.1, -0.05) is 286 Å². The maximum Gasteiger partial charge on any atom is 0.185 e. The number of ether oxygens (including phenoxy) is 4. The van der Waals surface area contributed by atoms with Crippen LogP contribution in [0.2, 0.25) is 0 Å². The first-order valence-electron chi connectivity index (χ1n) is 30.7. The molecule has 0 aromatic heterocycles. The molecule has 0 saturated heterocycles. The third-order valence-electron chi connectivity index (χ3n) is 17.9. The van der Waals surface area contributed by atoms with Gasteiger partial charge in [0.05, 0.1) is 22.0 Å². The average Bonchev–Trinajstić information content (AvgIpc) is 0.697. The predicted molar refractivity (Wildman–Crippen MR) is 389 cm³/mol. The van der Waals surface area contributed by atoms with Crippen LogP contribution in [0, 0.1) is 0 Å². The topological polar surface area (TPSA) is 54.0 Å². The van der Waals surface area contributed by atoms with E-state index in [1.165, 1.54) is 0 Å². The second kappa shape index (κ2) is 23.4. The van der Waals surface area contributed by atoms with Crippen molar-refractivity contribution in [3.05, 3.63) is 328 Å². The lowest BCUT2D eigenvalue weighted by Crippen LogP contribution is -2.36. The second-order valence-electron chi connectivity index (χ2n) is 23.2. The molecule has 0 amide bonds. The molecule has 0 spiro atoms. The van der Waals surface area contributed by atoms with Crippen molar-refractivity contribution in [3.63, 3.8) is 0 Å². The van der Waals surface area contributed by atoms with E-state index < -0.39 is 13.2 Å². The maximum atomic E-state index is 16.5. The molecule has 0 atom stereocenters. The summed E-state index contributed by atoms with van der Waals surface area (Å²) in [5.74, 6) is 5.57. The van der Waals surface area contributed by atoms with Crippen LogP contribution in [0.15, 0.2) is 328 Å². The van der Waals surface area contributed by atoms with E-state index in [1.54, 1.807) is 0 Å². The van der Waals surface area contributed by atoms with E-state index in [2.05, 4.69) is 218 Å². The quantitative estimate of drug-likeness (QED) is 0.141. The fourth-order valence-electron chi connectivity index (χ4n) is 13.4. The van der Waals surface area contributed by atoms with E-state index in [1.807, 2.05) is 109 Å². The van der Waals surface area contributed by atoms with E-state index in [0.717, 1.165) is 128 Å². The predicted octanol–water partition coefficient (Wildman–Crippen LogP) is 21.2. The molecule has 0 unspecified atom stereocenters. The number of rotatable bonds is 8. The van der Waals surface area contributed by atoms with Crippen LogP contribution in [0.1, 0.15) is 7.43 Å². The van der Waals surface area contributed by atoms with Gasteiger partial charge in [0.2, 0.25) is 0 Å². The van der Waals surface area contributed by atoms with Crippen molar-refractivity contribution in [3.8, 4) is 135 Å². The summed E-state index contributed by atoms with van der Waals surface area (Å²) in [5, 5.41) is 5.07. The number of hydrogen-bond acceptors (Lipinski definition) is 6. The van der Waals surface area contributed by atoms with Crippen LogP contribution in [0.4, 0.5) is 0 Å². The Morgan fingerprint density at radius 1 is 0.226 bits per heavy atom. The molecule has 4 aliphatic rings. The van der Waals surface area contributed by atoms with Gasteiger partial charge in [-0.05, 0) is 127 Å². The Morgan fingerprint density at radius 2 is 0.441 bits per heavy atom. The lowest BCUT2D eigenvalue weighted by molar-refractivity contribution is 0.464. The van der Waals surface area contributed by atoms with Crippen molar-refractivity contribution < 1.29 is 23.5 Å². The highest BCUT2D eigenvalue weighted by Crippen LogP contribution is 2.64. The Kier molecular flexibility index (Phi) is 14.4. The number of fused-ring (bicyclic) bond motifs is 8. The van der Waals surface area contributed by atoms with Gasteiger partial charge in [-0.25, -0.2) is 0 Å². The highest BCUT2D eigenvalue weighted by atomic mass is 32.4. The van der Waals surface area contributed by atoms with Gasteiger partial charge >= 0.3 is 0 Å². The molecule has 14 aromatic carbocycles. The van der Waals surface area contributed by atoms with Crippen molar-refractivity contribution >= 4 is 56.8 Å². The minimum atomic E-state index is -3.55. The van der Waals surface area contributed by atoms with Crippen LogP contribution < -0.4 is 50.8 Å². The Hall–Kier alpha value is -10.8. The third kappa shape index (κ3) is 9.68. The molecule has 0 saturated carbocycles. The molecule has 4 aliphatic heterocycles. The van der Waals surface area contributed by atoms with Gasteiger partial charge < -0.3 is 23.5 Å². The van der Waals surface area contributed by atoms with E-state index >= 15 is 4.57 Å². The standard InChI is InChI=1S/C42H27O3P.C42H27O2PS.CH4/c43-46-38-25-32(28-13-5-1-6-14-28)21-23-36(38)44-40-34(30-17-9-3-10-18-30)27-35(31-19-11-4-12-20-31)41(42(40)46)45-37-24-22-33(26-39(37)46)29-15-7-2-8-16-29;46-45-38-25-32(28-13-5-1-6-14-28)21-23-36(38)43-40-34(30-17-9-3-10-18-30)27-35(31-19-11-4-12-20-31)41(42(40)45)44-37-24-22-33(26-39(37)45)29-15-7-2-8-16-29;/h2*1-27H;1H4. The van der Waals surface area contributed by atoms with E-state index in [4.69, 9.17) is 30.8 Å². The monoisotopic (exact) mass is 1250 g/mol. The molecule has 14 aromatic rings. The minimum absolute atomic E-state index is 0. The van der Waals surface area contributed by atoms with Crippen molar-refractivity contribution in [2.24, 2.45) is 0 Å². The van der Waals surface area contributed by atoms with E-state index in [0.29, 0.717) is 38.9 Å². The Labute approximate surface area is 546 Å². The molecule has 0 radical (unpaired) electrons. The molecule has 8 heteroatoms. The fourth-order valence-corrected chi connectivity index (χ4v) is 21.1. The molecule has 444 valence electrons. The summed E-state index contributed by atoms with van der Waals surface area (Å²) < 4.78 is 44.1. The van der Waals surface area contributed by atoms with Crippen molar-refractivity contribution in [2.75, 3.05) is 0 Å². The number of benzene rings is 14. The van der Waals surface area contributed by atoms with Crippen LogP contribution in [-0.4, -0.2) is 0 Å². The summed E-state index contributed by atoms with van der Waals surface area (Å²) in [7, 11) is -3.55. The molecule has 0 bridgehead atoms. The molecule has 0 aliphatic carbocycles. The lowest BCUT2D eigenvalue weighted by Gasteiger charge is -2.39. The first-order valence-corrected chi connectivity index (χ1v) is 35.2. The lowest BCUT2D eigenvalue weighted by atomic mass is 9.96. The van der Waals surface area contributed by atoms with Crippen LogP contribution in [0.5, 0.6) is 46.0 Å². The van der Waals surface area contributed by atoms with Crippen LogP contribution in [0.3, 0.4) is 0 Å². The van der Waals surface area contributed by atoms with Crippen LogP contribution in [0.25, 0.3) is 89.0 Å². The summed E-state index contributed by atoms with van der Waals surface area (Å²) in [6.45, 7) is 0. The van der Waals surface area contributed by atoms with Gasteiger partial charge in [0.1, 0.15) is 51.3 Å². The first-order chi connectivity index (χ1) is 45.4. The molecular formula is C85H58O5P2S. The summed E-state index contributed by atoms with van der Waals surface area (Å²) in [4.78, 5) is 0. The molecule has 0 fully saturated rings. The molecular weight excluding hydrogens is 1190 g/mol. The maximum absolute atomic E-state index is 16.5. The first kappa shape index (κ1) is 57.3. The van der Waals surface area contributed by atoms with Crippen molar-refractivity contribution in [1.82, 2.24) is 0 Å². The molecule has 93 heavy (non-hydrogen) atoms. The average molecular weight is 1250 g/mol. The Bertz CT molecular complexity index is 4650. The normalized spacial score (nSPS) is 13.2.